The van der Waals surface area contributed by atoms with Gasteiger partial charge < -0.3 is 9.72 Å². The van der Waals surface area contributed by atoms with Crippen molar-refractivity contribution < 1.29 is 4.74 Å². The summed E-state index contributed by atoms with van der Waals surface area (Å²) in [5.74, 6) is 1.73. The van der Waals surface area contributed by atoms with Crippen LogP contribution in [0.1, 0.15) is 36.9 Å². The van der Waals surface area contributed by atoms with Crippen LogP contribution >= 0.6 is 0 Å². The van der Waals surface area contributed by atoms with Crippen molar-refractivity contribution in [3.8, 4) is 5.75 Å². The highest BCUT2D eigenvalue weighted by Crippen LogP contribution is 2.23. The zero-order valence-electron chi connectivity index (χ0n) is 12.7. The first-order valence-electron chi connectivity index (χ1n) is 7.38. The Kier molecular flexibility index (Phi) is 3.65. The minimum Gasteiger partial charge on any atom is -0.483 e. The second-order valence-corrected chi connectivity index (χ2v) is 5.35. The molecule has 0 fully saturated rings. The van der Waals surface area contributed by atoms with Crippen molar-refractivity contribution in [2.75, 3.05) is 0 Å². The summed E-state index contributed by atoms with van der Waals surface area (Å²) in [5, 5.41) is 0. The third kappa shape index (κ3) is 2.77. The van der Waals surface area contributed by atoms with Crippen LogP contribution in [0.15, 0.2) is 42.5 Å². The van der Waals surface area contributed by atoms with Gasteiger partial charge in [0.05, 0.1) is 11.0 Å². The molecule has 0 saturated carbocycles. The monoisotopic (exact) mass is 280 g/mol. The van der Waals surface area contributed by atoms with E-state index in [1.54, 1.807) is 0 Å². The standard InChI is InChI=1S/C18H20N2O/c1-4-14-8-10-15(11-9-14)21-13(3)18-19-16-7-5-6-12(2)17(16)20-18/h5-11,13H,4H2,1-3H3,(H,19,20). The second-order valence-electron chi connectivity index (χ2n) is 5.35. The number of para-hydroxylation sites is 1. The lowest BCUT2D eigenvalue weighted by atomic mass is 10.2. The lowest BCUT2D eigenvalue weighted by Gasteiger charge is -2.12. The summed E-state index contributed by atoms with van der Waals surface area (Å²) in [6.45, 7) is 6.23. The zero-order valence-corrected chi connectivity index (χ0v) is 12.7. The van der Waals surface area contributed by atoms with Crippen LogP contribution in [0.5, 0.6) is 5.75 Å². The molecule has 0 aliphatic rings. The number of hydrogen-bond donors (Lipinski definition) is 1. The van der Waals surface area contributed by atoms with Gasteiger partial charge in [-0.05, 0) is 49.6 Å². The molecule has 0 aliphatic heterocycles. The van der Waals surface area contributed by atoms with E-state index in [2.05, 4.69) is 42.0 Å². The van der Waals surface area contributed by atoms with Gasteiger partial charge in [0.15, 0.2) is 6.10 Å². The lowest BCUT2D eigenvalue weighted by molar-refractivity contribution is 0.218. The summed E-state index contributed by atoms with van der Waals surface area (Å²) >= 11 is 0. The Balaban J connectivity index is 1.82. The maximum atomic E-state index is 5.98. The maximum absolute atomic E-state index is 5.98. The number of aromatic amines is 1. The first-order chi connectivity index (χ1) is 10.2. The number of H-pyrrole nitrogens is 1. The predicted molar refractivity (Wildman–Crippen MR) is 85.7 cm³/mol. The molecule has 2 aromatic carbocycles. The minimum atomic E-state index is -0.107. The number of ether oxygens (including phenoxy) is 1. The third-order valence-electron chi connectivity index (χ3n) is 3.76. The molecule has 0 bridgehead atoms. The second kappa shape index (κ2) is 5.60. The number of nitrogens with one attached hydrogen (secondary N) is 1. The van der Waals surface area contributed by atoms with Crippen LogP contribution in [0.25, 0.3) is 11.0 Å². The highest BCUT2D eigenvalue weighted by Gasteiger charge is 2.13. The predicted octanol–water partition coefficient (Wildman–Crippen LogP) is 4.57. The molecular formula is C18H20N2O. The van der Waals surface area contributed by atoms with Gasteiger partial charge in [-0.3, -0.25) is 0 Å². The number of imidazole rings is 1. The fourth-order valence-corrected chi connectivity index (χ4v) is 2.45. The van der Waals surface area contributed by atoms with Crippen LogP contribution < -0.4 is 4.74 Å². The highest BCUT2D eigenvalue weighted by molar-refractivity contribution is 5.78. The van der Waals surface area contributed by atoms with E-state index >= 15 is 0 Å². The van der Waals surface area contributed by atoms with Crippen molar-refractivity contribution in [2.24, 2.45) is 0 Å². The van der Waals surface area contributed by atoms with Crippen molar-refractivity contribution in [3.63, 3.8) is 0 Å². The number of benzene rings is 2. The average molecular weight is 280 g/mol. The van der Waals surface area contributed by atoms with Crippen molar-refractivity contribution in [1.29, 1.82) is 0 Å². The molecule has 108 valence electrons. The molecule has 1 atom stereocenters. The highest BCUT2D eigenvalue weighted by atomic mass is 16.5. The number of aromatic nitrogens is 2. The molecule has 3 heteroatoms. The Morgan fingerprint density at radius 3 is 2.57 bits per heavy atom. The van der Waals surface area contributed by atoms with E-state index in [-0.39, 0.29) is 6.10 Å². The molecule has 0 radical (unpaired) electrons. The summed E-state index contributed by atoms with van der Waals surface area (Å²) in [7, 11) is 0. The number of rotatable bonds is 4. The van der Waals surface area contributed by atoms with E-state index in [4.69, 9.17) is 4.74 Å². The van der Waals surface area contributed by atoms with E-state index in [0.29, 0.717) is 0 Å². The molecule has 1 N–H and O–H groups in total. The van der Waals surface area contributed by atoms with Crippen molar-refractivity contribution in [1.82, 2.24) is 9.97 Å². The SMILES string of the molecule is CCc1ccc(OC(C)c2nc3c(C)cccc3[nH]2)cc1. The van der Waals surface area contributed by atoms with Gasteiger partial charge in [-0.2, -0.15) is 0 Å². The quantitative estimate of drug-likeness (QED) is 0.760. The van der Waals surface area contributed by atoms with Gasteiger partial charge in [-0.25, -0.2) is 4.98 Å². The van der Waals surface area contributed by atoms with Crippen molar-refractivity contribution >= 4 is 11.0 Å². The number of hydrogen-bond acceptors (Lipinski definition) is 2. The van der Waals surface area contributed by atoms with Crippen LogP contribution in [0, 0.1) is 6.92 Å². The van der Waals surface area contributed by atoms with Gasteiger partial charge in [-0.15, -0.1) is 0 Å². The summed E-state index contributed by atoms with van der Waals surface area (Å²) in [5.41, 5.74) is 4.56. The molecule has 0 spiro atoms. The average Bonchev–Trinajstić information content (AvgIpc) is 2.94. The normalized spacial score (nSPS) is 12.5. The first-order valence-corrected chi connectivity index (χ1v) is 7.38. The van der Waals surface area contributed by atoms with E-state index in [1.165, 1.54) is 11.1 Å². The molecule has 0 amide bonds. The van der Waals surface area contributed by atoms with E-state index in [9.17, 15) is 0 Å². The fraction of sp³-hybridized carbons (Fsp3) is 0.278. The summed E-state index contributed by atoms with van der Waals surface area (Å²) < 4.78 is 5.98. The maximum Gasteiger partial charge on any atom is 0.153 e. The summed E-state index contributed by atoms with van der Waals surface area (Å²) in [4.78, 5) is 8.00. The summed E-state index contributed by atoms with van der Waals surface area (Å²) in [6.07, 6.45) is 0.933. The molecular weight excluding hydrogens is 260 g/mol. The lowest BCUT2D eigenvalue weighted by Crippen LogP contribution is -2.05. The molecule has 21 heavy (non-hydrogen) atoms. The van der Waals surface area contributed by atoms with Crippen molar-refractivity contribution in [2.45, 2.75) is 33.3 Å². The van der Waals surface area contributed by atoms with Gasteiger partial charge in [0.1, 0.15) is 11.6 Å². The number of aryl methyl sites for hydroxylation is 2. The van der Waals surface area contributed by atoms with Crippen LogP contribution in [-0.4, -0.2) is 9.97 Å². The van der Waals surface area contributed by atoms with Crippen LogP contribution in [0.4, 0.5) is 0 Å². The molecule has 3 nitrogen and oxygen atoms in total. The molecule has 1 unspecified atom stereocenters. The van der Waals surface area contributed by atoms with Crippen LogP contribution in [0.3, 0.4) is 0 Å². The summed E-state index contributed by atoms with van der Waals surface area (Å²) in [6, 6.07) is 14.4. The van der Waals surface area contributed by atoms with Crippen LogP contribution in [0.2, 0.25) is 0 Å². The minimum absolute atomic E-state index is 0.107. The van der Waals surface area contributed by atoms with E-state index < -0.39 is 0 Å². The molecule has 1 aromatic heterocycles. The Morgan fingerprint density at radius 1 is 1.14 bits per heavy atom. The van der Waals surface area contributed by atoms with Crippen molar-refractivity contribution in [3.05, 3.63) is 59.4 Å². The Morgan fingerprint density at radius 2 is 1.90 bits per heavy atom. The van der Waals surface area contributed by atoms with E-state index in [0.717, 1.165) is 29.0 Å². The van der Waals surface area contributed by atoms with Gasteiger partial charge >= 0.3 is 0 Å². The number of nitrogens with zero attached hydrogens (tertiary/aromatic N) is 1. The number of fused-ring (bicyclic) bond motifs is 1. The van der Waals surface area contributed by atoms with Gasteiger partial charge in [0.25, 0.3) is 0 Å². The molecule has 0 saturated heterocycles. The Labute approximate surface area is 125 Å². The first kappa shape index (κ1) is 13.7. The molecule has 1 heterocycles. The third-order valence-corrected chi connectivity index (χ3v) is 3.76. The smallest absolute Gasteiger partial charge is 0.153 e. The molecule has 3 aromatic rings. The van der Waals surface area contributed by atoms with Gasteiger partial charge in [-0.1, -0.05) is 31.2 Å². The van der Waals surface area contributed by atoms with E-state index in [1.807, 2.05) is 31.2 Å². The zero-order chi connectivity index (χ0) is 14.8. The topological polar surface area (TPSA) is 37.9 Å². The Hall–Kier alpha value is -2.29. The molecule has 3 rings (SSSR count). The van der Waals surface area contributed by atoms with Gasteiger partial charge in [0.2, 0.25) is 0 Å². The van der Waals surface area contributed by atoms with Crippen LogP contribution in [-0.2, 0) is 6.42 Å². The van der Waals surface area contributed by atoms with Gasteiger partial charge in [0, 0.05) is 0 Å². The Bertz CT molecular complexity index is 744. The fourth-order valence-electron chi connectivity index (χ4n) is 2.45. The largest absolute Gasteiger partial charge is 0.483 e. The molecule has 0 aliphatic carbocycles.